The van der Waals surface area contributed by atoms with E-state index in [-0.39, 0.29) is 0 Å². The van der Waals surface area contributed by atoms with E-state index in [1.54, 1.807) is 0 Å². The third-order valence-corrected chi connectivity index (χ3v) is 1.09. The van der Waals surface area contributed by atoms with Gasteiger partial charge in [0.25, 0.3) is 0 Å². The molecule has 0 bridgehead atoms. The van der Waals surface area contributed by atoms with Gasteiger partial charge in [0.2, 0.25) is 6.23 Å². The topological polar surface area (TPSA) is 73.9 Å². The lowest BCUT2D eigenvalue weighted by Gasteiger charge is -2.12. The van der Waals surface area contributed by atoms with E-state index in [4.69, 9.17) is 0 Å². The van der Waals surface area contributed by atoms with Gasteiger partial charge in [0, 0.05) is 7.11 Å². The number of hydrogen-bond donors (Lipinski definition) is 1. The summed E-state index contributed by atoms with van der Waals surface area (Å²) in [5.41, 5.74) is 0. The summed E-state index contributed by atoms with van der Waals surface area (Å²) in [5, 5.41) is 2.11. The maximum absolute atomic E-state index is 10.8. The summed E-state index contributed by atoms with van der Waals surface area (Å²) < 4.78 is 13.1. The van der Waals surface area contributed by atoms with Crippen LogP contribution >= 0.6 is 0 Å². The fourth-order valence-electron chi connectivity index (χ4n) is 0.487. The van der Waals surface area contributed by atoms with Gasteiger partial charge in [-0.3, -0.25) is 5.32 Å². The number of alkyl carbamates (subject to hydrolysis) is 1. The lowest BCUT2D eigenvalue weighted by molar-refractivity contribution is -0.153. The molecule has 0 aliphatic heterocycles. The van der Waals surface area contributed by atoms with Crippen LogP contribution in [0.2, 0.25) is 0 Å². The number of amides is 1. The first-order chi connectivity index (χ1) is 5.65. The lowest BCUT2D eigenvalue weighted by Crippen LogP contribution is -2.42. The van der Waals surface area contributed by atoms with Gasteiger partial charge in [-0.05, 0) is 0 Å². The zero-order valence-corrected chi connectivity index (χ0v) is 7.12. The molecule has 1 N–H and O–H groups in total. The van der Waals surface area contributed by atoms with E-state index in [1.807, 2.05) is 0 Å². The zero-order valence-electron chi connectivity index (χ0n) is 7.12. The Bertz CT molecular complexity index is 169. The molecule has 12 heavy (non-hydrogen) atoms. The van der Waals surface area contributed by atoms with E-state index in [2.05, 4.69) is 19.5 Å². The minimum absolute atomic E-state index is 0.692. The molecular weight excluding hydrogens is 166 g/mol. The third kappa shape index (κ3) is 3.20. The second kappa shape index (κ2) is 5.36. The quantitative estimate of drug-likeness (QED) is 0.464. The molecule has 0 aromatic carbocycles. The van der Waals surface area contributed by atoms with Crippen molar-refractivity contribution in [2.45, 2.75) is 6.23 Å². The smallest absolute Gasteiger partial charge is 0.409 e. The zero-order chi connectivity index (χ0) is 9.56. The number of carbonyl (C=O) groups is 2. The van der Waals surface area contributed by atoms with Crippen molar-refractivity contribution in [1.29, 1.82) is 0 Å². The van der Waals surface area contributed by atoms with Crippen LogP contribution in [0.4, 0.5) is 4.79 Å². The highest BCUT2D eigenvalue weighted by Gasteiger charge is 2.20. The van der Waals surface area contributed by atoms with Crippen molar-refractivity contribution in [3.05, 3.63) is 0 Å². The predicted octanol–water partition coefficient (Wildman–Crippen LogP) is -0.512. The summed E-state index contributed by atoms with van der Waals surface area (Å²) in [7, 11) is 3.63. The third-order valence-electron chi connectivity index (χ3n) is 1.09. The Morgan fingerprint density at radius 1 is 1.17 bits per heavy atom. The minimum atomic E-state index is -1.12. The maximum atomic E-state index is 10.8. The first kappa shape index (κ1) is 10.7. The van der Waals surface area contributed by atoms with Crippen LogP contribution in [0, 0.1) is 0 Å². The summed E-state index contributed by atoms with van der Waals surface area (Å²) in [5.74, 6) is -0.692. The largest absolute Gasteiger partial charge is 0.466 e. The van der Waals surface area contributed by atoms with E-state index in [1.165, 1.54) is 21.3 Å². The van der Waals surface area contributed by atoms with Crippen LogP contribution in [-0.4, -0.2) is 39.6 Å². The molecule has 0 unspecified atom stereocenters. The summed E-state index contributed by atoms with van der Waals surface area (Å²) in [6.45, 7) is 0. The molecule has 0 rings (SSSR count). The number of rotatable bonds is 3. The second-order valence-corrected chi connectivity index (χ2v) is 1.77. The highest BCUT2D eigenvalue weighted by atomic mass is 16.6. The minimum Gasteiger partial charge on any atom is -0.466 e. The van der Waals surface area contributed by atoms with Crippen molar-refractivity contribution < 1.29 is 23.8 Å². The van der Waals surface area contributed by atoms with Crippen molar-refractivity contribution in [2.24, 2.45) is 0 Å². The molecule has 70 valence electrons. The van der Waals surface area contributed by atoms with Crippen molar-refractivity contribution in [3.63, 3.8) is 0 Å². The molecule has 0 heterocycles. The molecule has 0 saturated carbocycles. The Balaban J connectivity index is 3.99. The van der Waals surface area contributed by atoms with Crippen LogP contribution in [0.25, 0.3) is 0 Å². The molecular formula is C6H11NO5. The van der Waals surface area contributed by atoms with E-state index < -0.39 is 18.3 Å². The first-order valence-electron chi connectivity index (χ1n) is 3.10. The molecule has 1 amide bonds. The molecule has 6 heteroatoms. The van der Waals surface area contributed by atoms with E-state index in [0.717, 1.165) is 0 Å². The van der Waals surface area contributed by atoms with Crippen LogP contribution in [-0.2, 0) is 19.0 Å². The maximum Gasteiger partial charge on any atom is 0.409 e. The number of ether oxygens (including phenoxy) is 3. The average molecular weight is 177 g/mol. The van der Waals surface area contributed by atoms with Crippen molar-refractivity contribution in [2.75, 3.05) is 21.3 Å². The number of carbonyl (C=O) groups excluding carboxylic acids is 2. The van der Waals surface area contributed by atoms with E-state index in [0.29, 0.717) is 0 Å². The van der Waals surface area contributed by atoms with Crippen molar-refractivity contribution in [1.82, 2.24) is 5.32 Å². The summed E-state index contributed by atoms with van der Waals surface area (Å²) >= 11 is 0. The summed E-state index contributed by atoms with van der Waals surface area (Å²) in [6, 6.07) is 0. The van der Waals surface area contributed by atoms with Gasteiger partial charge in [0.15, 0.2) is 0 Å². The standard InChI is InChI=1S/C6H11NO5/c1-10-4(5(8)11-2)7-6(9)12-3/h4H,1-3H3,(H,7,9)/t4-/m0/s1. The summed E-state index contributed by atoms with van der Waals surface area (Å²) in [6.07, 6.45) is -1.88. The van der Waals surface area contributed by atoms with Gasteiger partial charge in [-0.25, -0.2) is 9.59 Å². The van der Waals surface area contributed by atoms with Gasteiger partial charge in [0.1, 0.15) is 0 Å². The van der Waals surface area contributed by atoms with Gasteiger partial charge >= 0.3 is 12.1 Å². The lowest BCUT2D eigenvalue weighted by atomic mass is 10.6. The predicted molar refractivity (Wildman–Crippen MR) is 38.4 cm³/mol. The Kier molecular flexibility index (Phi) is 4.78. The van der Waals surface area contributed by atoms with Gasteiger partial charge in [-0.2, -0.15) is 0 Å². The molecule has 0 aromatic heterocycles. The van der Waals surface area contributed by atoms with Gasteiger partial charge in [-0.15, -0.1) is 0 Å². The van der Waals surface area contributed by atoms with Crippen LogP contribution < -0.4 is 5.32 Å². The van der Waals surface area contributed by atoms with Crippen LogP contribution in [0.3, 0.4) is 0 Å². The number of nitrogens with one attached hydrogen (secondary N) is 1. The molecule has 0 aromatic rings. The Labute approximate surface area is 69.8 Å². The van der Waals surface area contributed by atoms with Crippen molar-refractivity contribution in [3.8, 4) is 0 Å². The first-order valence-corrected chi connectivity index (χ1v) is 3.10. The van der Waals surface area contributed by atoms with Crippen LogP contribution in [0.15, 0.2) is 0 Å². The Morgan fingerprint density at radius 2 is 1.75 bits per heavy atom. The highest BCUT2D eigenvalue weighted by Crippen LogP contribution is 1.89. The number of esters is 1. The normalized spacial score (nSPS) is 11.6. The van der Waals surface area contributed by atoms with Crippen molar-refractivity contribution >= 4 is 12.1 Å². The molecule has 1 atom stereocenters. The Hall–Kier alpha value is -1.30. The van der Waals surface area contributed by atoms with Gasteiger partial charge in [-0.1, -0.05) is 0 Å². The molecule has 0 aliphatic carbocycles. The van der Waals surface area contributed by atoms with Gasteiger partial charge in [0.05, 0.1) is 14.2 Å². The summed E-state index contributed by atoms with van der Waals surface area (Å²) in [4.78, 5) is 21.4. The van der Waals surface area contributed by atoms with Gasteiger partial charge < -0.3 is 14.2 Å². The SMILES string of the molecule is COC(=O)N[C@@H](OC)C(=O)OC. The fraction of sp³-hybridized carbons (Fsp3) is 0.667. The number of hydrogen-bond acceptors (Lipinski definition) is 5. The Morgan fingerprint density at radius 3 is 2.08 bits per heavy atom. The fourth-order valence-corrected chi connectivity index (χ4v) is 0.487. The molecule has 0 radical (unpaired) electrons. The number of methoxy groups -OCH3 is 3. The van der Waals surface area contributed by atoms with Crippen LogP contribution in [0.5, 0.6) is 0 Å². The second-order valence-electron chi connectivity index (χ2n) is 1.77. The molecule has 0 spiro atoms. The molecule has 0 saturated heterocycles. The van der Waals surface area contributed by atoms with Crippen LogP contribution in [0.1, 0.15) is 0 Å². The van der Waals surface area contributed by atoms with E-state index >= 15 is 0 Å². The molecule has 6 nitrogen and oxygen atoms in total. The molecule has 0 fully saturated rings. The van der Waals surface area contributed by atoms with E-state index in [9.17, 15) is 9.59 Å². The average Bonchev–Trinajstić information content (AvgIpc) is 2.12. The monoisotopic (exact) mass is 177 g/mol. The highest BCUT2D eigenvalue weighted by molar-refractivity contribution is 5.79. The molecule has 0 aliphatic rings.